The lowest BCUT2D eigenvalue weighted by molar-refractivity contribution is 0.0422. The SMILES string of the molecule is COC(=O)c1occc1COC(=O)c1oc2ccccc2c1CSC. The van der Waals surface area contributed by atoms with Crippen molar-refractivity contribution in [3.8, 4) is 0 Å². The van der Waals surface area contributed by atoms with E-state index >= 15 is 0 Å². The molecule has 3 rings (SSSR count). The Morgan fingerprint density at radius 3 is 2.68 bits per heavy atom. The van der Waals surface area contributed by atoms with Crippen LogP contribution in [0.3, 0.4) is 0 Å². The van der Waals surface area contributed by atoms with Crippen molar-refractivity contribution in [2.75, 3.05) is 13.4 Å². The molecule has 2 aromatic heterocycles. The third-order valence-corrected chi connectivity index (χ3v) is 4.23. The Labute approximate surface area is 148 Å². The molecular weight excluding hydrogens is 344 g/mol. The van der Waals surface area contributed by atoms with Gasteiger partial charge in [0, 0.05) is 22.3 Å². The number of hydrogen-bond acceptors (Lipinski definition) is 7. The maximum absolute atomic E-state index is 12.5. The number of furan rings is 2. The molecule has 0 N–H and O–H groups in total. The Balaban J connectivity index is 1.82. The number of methoxy groups -OCH3 is 1. The minimum atomic E-state index is -0.622. The van der Waals surface area contributed by atoms with Crippen LogP contribution in [0.1, 0.15) is 32.2 Å². The maximum Gasteiger partial charge on any atom is 0.374 e. The van der Waals surface area contributed by atoms with E-state index < -0.39 is 11.9 Å². The van der Waals surface area contributed by atoms with Crippen LogP contribution in [0.4, 0.5) is 0 Å². The summed E-state index contributed by atoms with van der Waals surface area (Å²) in [7, 11) is 1.25. The van der Waals surface area contributed by atoms with Gasteiger partial charge in [-0.2, -0.15) is 11.8 Å². The predicted molar refractivity (Wildman–Crippen MR) is 92.6 cm³/mol. The van der Waals surface area contributed by atoms with Crippen molar-refractivity contribution in [1.29, 1.82) is 0 Å². The standard InChI is InChI=1S/C18H16O6S/c1-21-17(19)15-11(7-8-22-15)9-23-18(20)16-13(10-25-2)12-5-3-4-6-14(12)24-16/h3-8H,9-10H2,1-2H3. The van der Waals surface area contributed by atoms with E-state index in [4.69, 9.17) is 13.6 Å². The summed E-state index contributed by atoms with van der Waals surface area (Å²) in [5, 5.41) is 0.891. The third-order valence-electron chi connectivity index (χ3n) is 3.65. The van der Waals surface area contributed by atoms with E-state index in [1.54, 1.807) is 23.9 Å². The van der Waals surface area contributed by atoms with Crippen molar-refractivity contribution in [1.82, 2.24) is 0 Å². The van der Waals surface area contributed by atoms with Crippen LogP contribution in [0.2, 0.25) is 0 Å². The summed E-state index contributed by atoms with van der Waals surface area (Å²) in [5.74, 6) is -0.386. The highest BCUT2D eigenvalue weighted by Gasteiger charge is 2.23. The number of carbonyl (C=O) groups excluding carboxylic acids is 2. The number of thioether (sulfide) groups is 1. The van der Waals surface area contributed by atoms with Gasteiger partial charge in [0.25, 0.3) is 0 Å². The van der Waals surface area contributed by atoms with Gasteiger partial charge in [0.2, 0.25) is 11.5 Å². The van der Waals surface area contributed by atoms with Crippen LogP contribution in [0, 0.1) is 0 Å². The van der Waals surface area contributed by atoms with Gasteiger partial charge in [-0.25, -0.2) is 9.59 Å². The van der Waals surface area contributed by atoms with Crippen LogP contribution in [-0.2, 0) is 21.8 Å². The van der Waals surface area contributed by atoms with Crippen LogP contribution in [-0.4, -0.2) is 25.3 Å². The molecule has 0 radical (unpaired) electrons. The van der Waals surface area contributed by atoms with Crippen LogP contribution < -0.4 is 0 Å². The second-order valence-electron chi connectivity index (χ2n) is 5.18. The van der Waals surface area contributed by atoms with E-state index in [0.717, 1.165) is 10.9 Å². The molecule has 0 saturated heterocycles. The molecule has 7 heteroatoms. The summed E-state index contributed by atoms with van der Waals surface area (Å²) >= 11 is 1.59. The fraction of sp³-hybridized carbons (Fsp3) is 0.222. The lowest BCUT2D eigenvalue weighted by Gasteiger charge is -2.04. The van der Waals surface area contributed by atoms with Crippen LogP contribution in [0.5, 0.6) is 0 Å². The van der Waals surface area contributed by atoms with Crippen LogP contribution >= 0.6 is 11.8 Å². The first-order chi connectivity index (χ1) is 12.2. The molecule has 0 aliphatic carbocycles. The van der Waals surface area contributed by atoms with E-state index in [-0.39, 0.29) is 18.1 Å². The number of fused-ring (bicyclic) bond motifs is 1. The third kappa shape index (κ3) is 3.41. The largest absolute Gasteiger partial charge is 0.463 e. The molecule has 0 amide bonds. The normalized spacial score (nSPS) is 10.8. The van der Waals surface area contributed by atoms with E-state index in [1.807, 2.05) is 24.5 Å². The van der Waals surface area contributed by atoms with Gasteiger partial charge in [-0.1, -0.05) is 18.2 Å². The van der Waals surface area contributed by atoms with Crippen LogP contribution in [0.15, 0.2) is 45.4 Å². The first kappa shape index (κ1) is 17.2. The number of rotatable bonds is 6. The highest BCUT2D eigenvalue weighted by Crippen LogP contribution is 2.29. The molecule has 0 aliphatic heterocycles. The molecule has 0 saturated carbocycles. The van der Waals surface area contributed by atoms with E-state index in [2.05, 4.69) is 4.74 Å². The first-order valence-corrected chi connectivity index (χ1v) is 8.86. The second kappa shape index (κ2) is 7.48. The lowest BCUT2D eigenvalue weighted by Crippen LogP contribution is -2.09. The maximum atomic E-state index is 12.5. The summed E-state index contributed by atoms with van der Waals surface area (Å²) in [6.07, 6.45) is 3.29. The highest BCUT2D eigenvalue weighted by atomic mass is 32.2. The van der Waals surface area contributed by atoms with Gasteiger partial charge in [-0.15, -0.1) is 0 Å². The molecule has 0 bridgehead atoms. The van der Waals surface area contributed by atoms with Crippen molar-refractivity contribution < 1.29 is 27.9 Å². The van der Waals surface area contributed by atoms with Crippen molar-refractivity contribution in [2.45, 2.75) is 12.4 Å². The molecule has 2 heterocycles. The minimum absolute atomic E-state index is 0.0178. The van der Waals surface area contributed by atoms with Gasteiger partial charge in [0.15, 0.2) is 0 Å². The molecule has 130 valence electrons. The number of esters is 2. The number of hydrogen-bond donors (Lipinski definition) is 0. The van der Waals surface area contributed by atoms with Gasteiger partial charge in [-0.05, 0) is 18.4 Å². The summed E-state index contributed by atoms with van der Waals surface area (Å²) < 4.78 is 20.7. The minimum Gasteiger partial charge on any atom is -0.463 e. The molecule has 25 heavy (non-hydrogen) atoms. The van der Waals surface area contributed by atoms with E-state index in [9.17, 15) is 9.59 Å². The second-order valence-corrected chi connectivity index (χ2v) is 6.05. The Hall–Kier alpha value is -2.67. The van der Waals surface area contributed by atoms with Gasteiger partial charge >= 0.3 is 11.9 Å². The monoisotopic (exact) mass is 360 g/mol. The number of carbonyl (C=O) groups is 2. The summed E-state index contributed by atoms with van der Waals surface area (Å²) in [4.78, 5) is 24.1. The lowest BCUT2D eigenvalue weighted by atomic mass is 10.1. The van der Waals surface area contributed by atoms with Gasteiger partial charge < -0.3 is 18.3 Å². The van der Waals surface area contributed by atoms with Gasteiger partial charge in [-0.3, -0.25) is 0 Å². The number of ether oxygens (including phenoxy) is 2. The zero-order valence-corrected chi connectivity index (χ0v) is 14.6. The molecule has 1 aromatic carbocycles. The first-order valence-electron chi connectivity index (χ1n) is 7.46. The molecule has 0 fully saturated rings. The van der Waals surface area contributed by atoms with Crippen LogP contribution in [0.25, 0.3) is 11.0 Å². The van der Waals surface area contributed by atoms with E-state index in [1.165, 1.54) is 13.4 Å². The zero-order valence-electron chi connectivity index (χ0n) is 13.7. The average molecular weight is 360 g/mol. The Morgan fingerprint density at radius 1 is 1.12 bits per heavy atom. The highest BCUT2D eigenvalue weighted by molar-refractivity contribution is 7.97. The number of benzene rings is 1. The van der Waals surface area contributed by atoms with Crippen molar-refractivity contribution >= 4 is 34.7 Å². The fourth-order valence-corrected chi connectivity index (χ4v) is 3.06. The average Bonchev–Trinajstić information content (AvgIpc) is 3.24. The molecular formula is C18H16O6S. The zero-order chi connectivity index (χ0) is 17.8. The Kier molecular flexibility index (Phi) is 5.14. The predicted octanol–water partition coefficient (Wildman–Crippen LogP) is 4.03. The topological polar surface area (TPSA) is 78.9 Å². The van der Waals surface area contributed by atoms with Crippen molar-refractivity contribution in [3.05, 3.63) is 59.2 Å². The Morgan fingerprint density at radius 2 is 1.92 bits per heavy atom. The summed E-state index contributed by atoms with van der Waals surface area (Å²) in [6.45, 7) is -0.116. The molecule has 0 unspecified atom stereocenters. The van der Waals surface area contributed by atoms with Crippen molar-refractivity contribution in [2.24, 2.45) is 0 Å². The van der Waals surface area contributed by atoms with E-state index in [0.29, 0.717) is 16.9 Å². The number of para-hydroxylation sites is 1. The van der Waals surface area contributed by atoms with Crippen molar-refractivity contribution in [3.63, 3.8) is 0 Å². The van der Waals surface area contributed by atoms with Gasteiger partial charge in [0.05, 0.1) is 13.4 Å². The molecule has 3 aromatic rings. The fourth-order valence-electron chi connectivity index (χ4n) is 2.48. The smallest absolute Gasteiger partial charge is 0.374 e. The molecule has 0 spiro atoms. The molecule has 0 aliphatic rings. The summed E-state index contributed by atoms with van der Waals surface area (Å²) in [5.41, 5.74) is 1.87. The molecule has 6 nitrogen and oxygen atoms in total. The quantitative estimate of drug-likeness (QED) is 0.614. The summed E-state index contributed by atoms with van der Waals surface area (Å²) in [6, 6.07) is 9.01. The van der Waals surface area contributed by atoms with Gasteiger partial charge in [0.1, 0.15) is 12.2 Å². The Bertz CT molecular complexity index is 907. The molecule has 0 atom stereocenters.